The minimum atomic E-state index is -0.428. The van der Waals surface area contributed by atoms with Gasteiger partial charge in [-0.05, 0) is 47.4 Å². The molecular formula is C28H34Cl2F2N2O2. The van der Waals surface area contributed by atoms with Crippen molar-refractivity contribution in [1.29, 1.82) is 0 Å². The van der Waals surface area contributed by atoms with Gasteiger partial charge < -0.3 is 14.7 Å². The molecule has 4 nitrogen and oxygen atoms in total. The molecule has 36 heavy (non-hydrogen) atoms. The van der Waals surface area contributed by atoms with E-state index in [1.807, 2.05) is 30.3 Å². The molecule has 0 saturated carbocycles. The highest BCUT2D eigenvalue weighted by Gasteiger charge is 2.20. The summed E-state index contributed by atoms with van der Waals surface area (Å²) in [6, 6.07) is 22.3. The van der Waals surface area contributed by atoms with Gasteiger partial charge >= 0.3 is 0 Å². The van der Waals surface area contributed by atoms with Crippen LogP contribution in [0.4, 0.5) is 8.78 Å². The van der Waals surface area contributed by atoms with Crippen molar-refractivity contribution < 1.29 is 18.6 Å². The lowest BCUT2D eigenvalue weighted by atomic mass is 10.0. The van der Waals surface area contributed by atoms with E-state index in [4.69, 9.17) is 4.74 Å². The number of aliphatic hydroxyl groups excluding tert-OH is 1. The minimum absolute atomic E-state index is 0. The zero-order valence-corrected chi connectivity index (χ0v) is 21.8. The summed E-state index contributed by atoms with van der Waals surface area (Å²) in [7, 11) is 0. The van der Waals surface area contributed by atoms with Crippen molar-refractivity contribution in [2.24, 2.45) is 0 Å². The highest BCUT2D eigenvalue weighted by Crippen LogP contribution is 2.26. The van der Waals surface area contributed by atoms with E-state index in [1.54, 1.807) is 24.3 Å². The van der Waals surface area contributed by atoms with E-state index in [0.29, 0.717) is 6.61 Å². The first-order chi connectivity index (χ1) is 16.6. The average Bonchev–Trinajstić information content (AvgIpc) is 2.88. The summed E-state index contributed by atoms with van der Waals surface area (Å²) in [4.78, 5) is 4.76. The van der Waals surface area contributed by atoms with Gasteiger partial charge in [-0.15, -0.1) is 24.8 Å². The van der Waals surface area contributed by atoms with Gasteiger partial charge in [-0.1, -0.05) is 54.6 Å². The SMILES string of the molecule is Cl.Cl.OC(CCN1CCN(CCOC(c2ccc(F)cc2)c2ccc(F)cc2)CC1)c1ccccc1. The third-order valence-corrected chi connectivity index (χ3v) is 6.41. The molecule has 196 valence electrons. The molecule has 1 aliphatic heterocycles. The van der Waals surface area contributed by atoms with Crippen molar-refractivity contribution in [3.63, 3.8) is 0 Å². The smallest absolute Gasteiger partial charge is 0.123 e. The van der Waals surface area contributed by atoms with Crippen LogP contribution in [0.25, 0.3) is 0 Å². The van der Waals surface area contributed by atoms with Gasteiger partial charge in [-0.3, -0.25) is 4.90 Å². The average molecular weight is 539 g/mol. The van der Waals surface area contributed by atoms with Gasteiger partial charge in [0, 0.05) is 39.3 Å². The number of piperazine rings is 1. The van der Waals surface area contributed by atoms with Gasteiger partial charge in [0.2, 0.25) is 0 Å². The second-order valence-corrected chi connectivity index (χ2v) is 8.75. The molecule has 1 N–H and O–H groups in total. The highest BCUT2D eigenvalue weighted by molar-refractivity contribution is 5.85. The first-order valence-corrected chi connectivity index (χ1v) is 11.9. The third-order valence-electron chi connectivity index (χ3n) is 6.41. The molecule has 4 rings (SSSR count). The standard InChI is InChI=1S/C28H32F2N2O2.2ClH/c29-25-10-6-23(7-11-25)28(24-8-12-26(30)13-9-24)34-21-20-32-18-16-31(17-19-32)15-14-27(33)22-4-2-1-3-5-22;;/h1-13,27-28,33H,14-21H2;2*1H. The number of hydrogen-bond donors (Lipinski definition) is 1. The van der Waals surface area contributed by atoms with Crippen LogP contribution < -0.4 is 0 Å². The molecule has 3 aromatic carbocycles. The largest absolute Gasteiger partial charge is 0.388 e. The first kappa shape index (κ1) is 30.2. The topological polar surface area (TPSA) is 35.9 Å². The van der Waals surface area contributed by atoms with Crippen LogP contribution in [0.2, 0.25) is 0 Å². The maximum Gasteiger partial charge on any atom is 0.123 e. The fraction of sp³-hybridized carbons (Fsp3) is 0.357. The summed E-state index contributed by atoms with van der Waals surface area (Å²) in [5, 5.41) is 10.4. The summed E-state index contributed by atoms with van der Waals surface area (Å²) < 4.78 is 33.0. The van der Waals surface area contributed by atoms with Crippen molar-refractivity contribution in [2.75, 3.05) is 45.9 Å². The van der Waals surface area contributed by atoms with E-state index >= 15 is 0 Å². The van der Waals surface area contributed by atoms with Gasteiger partial charge in [0.15, 0.2) is 0 Å². The quantitative estimate of drug-likeness (QED) is 0.361. The van der Waals surface area contributed by atoms with Gasteiger partial charge in [-0.25, -0.2) is 8.78 Å². The Morgan fingerprint density at radius 1 is 0.667 bits per heavy atom. The van der Waals surface area contributed by atoms with Crippen LogP contribution in [0.5, 0.6) is 0 Å². The van der Waals surface area contributed by atoms with Crippen LogP contribution in [0.3, 0.4) is 0 Å². The van der Waals surface area contributed by atoms with Crippen molar-refractivity contribution in [2.45, 2.75) is 18.6 Å². The lowest BCUT2D eigenvalue weighted by Crippen LogP contribution is -2.47. The predicted octanol–water partition coefficient (Wildman–Crippen LogP) is 5.66. The van der Waals surface area contributed by atoms with E-state index in [1.165, 1.54) is 24.3 Å². The van der Waals surface area contributed by atoms with Crippen molar-refractivity contribution >= 4 is 24.8 Å². The Kier molecular flexibility index (Phi) is 12.8. The van der Waals surface area contributed by atoms with E-state index in [0.717, 1.165) is 62.4 Å². The molecule has 1 saturated heterocycles. The Balaban J connectivity index is 0.00000228. The molecule has 0 spiro atoms. The number of aliphatic hydroxyl groups is 1. The second-order valence-electron chi connectivity index (χ2n) is 8.75. The molecule has 8 heteroatoms. The Labute approximate surface area is 224 Å². The van der Waals surface area contributed by atoms with Crippen LogP contribution in [-0.2, 0) is 4.74 Å². The molecular weight excluding hydrogens is 505 g/mol. The van der Waals surface area contributed by atoms with Crippen LogP contribution in [0.1, 0.15) is 35.3 Å². The van der Waals surface area contributed by atoms with Crippen molar-refractivity contribution in [3.8, 4) is 0 Å². The van der Waals surface area contributed by atoms with E-state index < -0.39 is 6.10 Å². The fourth-order valence-corrected chi connectivity index (χ4v) is 4.34. The zero-order valence-electron chi connectivity index (χ0n) is 20.1. The minimum Gasteiger partial charge on any atom is -0.388 e. The molecule has 0 bridgehead atoms. The fourth-order valence-electron chi connectivity index (χ4n) is 4.34. The van der Waals surface area contributed by atoms with Crippen LogP contribution in [-0.4, -0.2) is 60.8 Å². The molecule has 0 aromatic heterocycles. The monoisotopic (exact) mass is 538 g/mol. The highest BCUT2D eigenvalue weighted by atomic mass is 35.5. The maximum atomic E-state index is 13.4. The summed E-state index contributed by atoms with van der Waals surface area (Å²) in [5.41, 5.74) is 2.65. The number of ether oxygens (including phenoxy) is 1. The number of rotatable bonds is 10. The summed E-state index contributed by atoms with van der Waals surface area (Å²) >= 11 is 0. The molecule has 1 heterocycles. The molecule has 0 aliphatic carbocycles. The number of nitrogens with zero attached hydrogens (tertiary/aromatic N) is 2. The van der Waals surface area contributed by atoms with Crippen molar-refractivity contribution in [1.82, 2.24) is 9.80 Å². The zero-order chi connectivity index (χ0) is 23.8. The van der Waals surface area contributed by atoms with E-state index in [-0.39, 0.29) is 42.6 Å². The lowest BCUT2D eigenvalue weighted by Gasteiger charge is -2.35. The molecule has 1 unspecified atom stereocenters. The van der Waals surface area contributed by atoms with Gasteiger partial charge in [0.25, 0.3) is 0 Å². The third kappa shape index (κ3) is 8.80. The second kappa shape index (κ2) is 15.3. The molecule has 1 aliphatic rings. The number of halogens is 4. The molecule has 1 atom stereocenters. The molecule has 1 fully saturated rings. The van der Waals surface area contributed by atoms with Crippen LogP contribution >= 0.6 is 24.8 Å². The number of benzene rings is 3. The summed E-state index contributed by atoms with van der Waals surface area (Å²) in [6.07, 6.45) is -0.0751. The summed E-state index contributed by atoms with van der Waals surface area (Å²) in [5.74, 6) is -0.591. The van der Waals surface area contributed by atoms with Crippen LogP contribution in [0.15, 0.2) is 78.9 Å². The van der Waals surface area contributed by atoms with E-state index in [9.17, 15) is 13.9 Å². The van der Waals surface area contributed by atoms with Crippen LogP contribution in [0, 0.1) is 11.6 Å². The lowest BCUT2D eigenvalue weighted by molar-refractivity contribution is 0.0426. The maximum absolute atomic E-state index is 13.4. The van der Waals surface area contributed by atoms with Gasteiger partial charge in [-0.2, -0.15) is 0 Å². The van der Waals surface area contributed by atoms with E-state index in [2.05, 4.69) is 9.80 Å². The Bertz CT molecular complexity index is 957. The number of hydrogen-bond acceptors (Lipinski definition) is 4. The molecule has 0 radical (unpaired) electrons. The Morgan fingerprint density at radius 2 is 1.14 bits per heavy atom. The normalized spacial score (nSPS) is 15.2. The van der Waals surface area contributed by atoms with Gasteiger partial charge in [0.1, 0.15) is 17.7 Å². The van der Waals surface area contributed by atoms with Crippen molar-refractivity contribution in [3.05, 3.63) is 107 Å². The Morgan fingerprint density at radius 3 is 1.64 bits per heavy atom. The summed E-state index contributed by atoms with van der Waals surface area (Å²) in [6.45, 7) is 6.00. The van der Waals surface area contributed by atoms with Gasteiger partial charge in [0.05, 0.1) is 12.7 Å². The molecule has 0 amide bonds. The predicted molar refractivity (Wildman–Crippen MR) is 144 cm³/mol. The molecule has 3 aromatic rings. The first-order valence-electron chi connectivity index (χ1n) is 11.9. The Hall–Kier alpha value is -2.06.